The molecular formula is C11H18N2O. The molecule has 1 aliphatic carbocycles. The number of fused-ring (bicyclic) bond motifs is 1. The summed E-state index contributed by atoms with van der Waals surface area (Å²) in [4.78, 5) is 14.1. The first kappa shape index (κ1) is 8.72. The van der Waals surface area contributed by atoms with Gasteiger partial charge in [-0.05, 0) is 44.7 Å². The zero-order valence-corrected chi connectivity index (χ0v) is 8.54. The van der Waals surface area contributed by atoms with Crippen molar-refractivity contribution in [1.82, 2.24) is 10.2 Å². The van der Waals surface area contributed by atoms with E-state index in [2.05, 4.69) is 10.2 Å². The second-order valence-corrected chi connectivity index (χ2v) is 4.89. The third-order valence-electron chi connectivity index (χ3n) is 3.88. The molecule has 3 aliphatic rings. The molecule has 0 aromatic rings. The molecule has 2 heterocycles. The van der Waals surface area contributed by atoms with Crippen LogP contribution in [-0.4, -0.2) is 36.0 Å². The maximum absolute atomic E-state index is 11.8. The predicted molar refractivity (Wildman–Crippen MR) is 53.9 cm³/mol. The molecule has 1 amide bonds. The van der Waals surface area contributed by atoms with Crippen LogP contribution in [0.25, 0.3) is 0 Å². The summed E-state index contributed by atoms with van der Waals surface area (Å²) in [5.41, 5.74) is 0. The number of hydrogen-bond acceptors (Lipinski definition) is 2. The summed E-state index contributed by atoms with van der Waals surface area (Å²) in [6.07, 6.45) is 5.58. The largest absolute Gasteiger partial charge is 0.336 e. The van der Waals surface area contributed by atoms with Gasteiger partial charge in [0.1, 0.15) is 0 Å². The van der Waals surface area contributed by atoms with Gasteiger partial charge in [0.2, 0.25) is 5.91 Å². The molecule has 3 heteroatoms. The highest BCUT2D eigenvalue weighted by Crippen LogP contribution is 2.37. The van der Waals surface area contributed by atoms with Crippen LogP contribution in [0, 0.1) is 5.92 Å². The summed E-state index contributed by atoms with van der Waals surface area (Å²) in [7, 11) is 0. The summed E-state index contributed by atoms with van der Waals surface area (Å²) in [5, 5.41) is 3.44. The van der Waals surface area contributed by atoms with Gasteiger partial charge in [-0.2, -0.15) is 0 Å². The molecule has 2 unspecified atom stereocenters. The van der Waals surface area contributed by atoms with Gasteiger partial charge in [0, 0.05) is 18.5 Å². The number of amides is 1. The van der Waals surface area contributed by atoms with Gasteiger partial charge >= 0.3 is 0 Å². The van der Waals surface area contributed by atoms with Gasteiger partial charge in [0.25, 0.3) is 0 Å². The summed E-state index contributed by atoms with van der Waals surface area (Å²) in [6, 6.07) is 1.19. The molecule has 2 atom stereocenters. The Bertz CT molecular complexity index is 250. The fourth-order valence-electron chi connectivity index (χ4n) is 3.02. The van der Waals surface area contributed by atoms with E-state index in [9.17, 15) is 4.79 Å². The first-order valence-electron chi connectivity index (χ1n) is 5.88. The van der Waals surface area contributed by atoms with Crippen molar-refractivity contribution in [3.63, 3.8) is 0 Å². The summed E-state index contributed by atoms with van der Waals surface area (Å²) in [5.74, 6) is 1.16. The molecule has 0 aromatic carbocycles. The molecular weight excluding hydrogens is 176 g/mol. The SMILES string of the molecule is O=C1CCC2CNCCC2N1C1CC1. The summed E-state index contributed by atoms with van der Waals surface area (Å²) in [6.45, 7) is 2.22. The molecule has 0 spiro atoms. The standard InChI is InChI=1S/C11H18N2O/c14-11-4-1-8-7-12-6-5-10(8)13(11)9-2-3-9/h8-10,12H,1-7H2. The molecule has 3 fully saturated rings. The lowest BCUT2D eigenvalue weighted by atomic mass is 9.84. The quantitative estimate of drug-likeness (QED) is 0.668. The molecule has 2 saturated heterocycles. The Labute approximate surface area is 84.8 Å². The topological polar surface area (TPSA) is 32.3 Å². The molecule has 1 N–H and O–H groups in total. The van der Waals surface area contributed by atoms with Crippen LogP contribution in [-0.2, 0) is 4.79 Å². The van der Waals surface area contributed by atoms with E-state index >= 15 is 0 Å². The van der Waals surface area contributed by atoms with Crippen molar-refractivity contribution in [2.45, 2.75) is 44.2 Å². The minimum absolute atomic E-state index is 0.427. The molecule has 0 bridgehead atoms. The lowest BCUT2D eigenvalue weighted by molar-refractivity contribution is -0.140. The highest BCUT2D eigenvalue weighted by atomic mass is 16.2. The van der Waals surface area contributed by atoms with Crippen molar-refractivity contribution in [1.29, 1.82) is 0 Å². The summed E-state index contributed by atoms with van der Waals surface area (Å²) >= 11 is 0. The monoisotopic (exact) mass is 194 g/mol. The van der Waals surface area contributed by atoms with Crippen LogP contribution in [0.1, 0.15) is 32.1 Å². The zero-order valence-electron chi connectivity index (χ0n) is 8.54. The lowest BCUT2D eigenvalue weighted by Gasteiger charge is -2.44. The van der Waals surface area contributed by atoms with Crippen LogP contribution in [0.4, 0.5) is 0 Å². The van der Waals surface area contributed by atoms with E-state index in [0.29, 0.717) is 18.0 Å². The van der Waals surface area contributed by atoms with E-state index in [1.54, 1.807) is 0 Å². The number of hydrogen-bond donors (Lipinski definition) is 1. The van der Waals surface area contributed by atoms with E-state index in [4.69, 9.17) is 0 Å². The molecule has 3 rings (SSSR count). The van der Waals surface area contributed by atoms with Gasteiger partial charge in [0.15, 0.2) is 0 Å². The van der Waals surface area contributed by atoms with E-state index in [1.807, 2.05) is 0 Å². The Morgan fingerprint density at radius 3 is 2.86 bits per heavy atom. The minimum atomic E-state index is 0.427. The average Bonchev–Trinajstić information content (AvgIpc) is 3.01. The highest BCUT2D eigenvalue weighted by molar-refractivity contribution is 5.78. The van der Waals surface area contributed by atoms with Gasteiger partial charge in [0.05, 0.1) is 0 Å². The normalized spacial score (nSPS) is 38.3. The van der Waals surface area contributed by atoms with Crippen molar-refractivity contribution in [3.8, 4) is 0 Å². The second-order valence-electron chi connectivity index (χ2n) is 4.89. The van der Waals surface area contributed by atoms with Crippen molar-refractivity contribution in [3.05, 3.63) is 0 Å². The van der Waals surface area contributed by atoms with Crippen LogP contribution in [0.5, 0.6) is 0 Å². The number of likely N-dealkylation sites (tertiary alicyclic amines) is 1. The molecule has 0 aromatic heterocycles. The second kappa shape index (κ2) is 3.23. The number of nitrogens with one attached hydrogen (secondary N) is 1. The number of carbonyl (C=O) groups excluding carboxylic acids is 1. The molecule has 3 nitrogen and oxygen atoms in total. The first-order valence-corrected chi connectivity index (χ1v) is 5.88. The zero-order chi connectivity index (χ0) is 9.54. The number of nitrogens with zero attached hydrogens (tertiary/aromatic N) is 1. The van der Waals surface area contributed by atoms with Crippen molar-refractivity contribution >= 4 is 5.91 Å². The first-order chi connectivity index (χ1) is 6.86. The van der Waals surface area contributed by atoms with Gasteiger partial charge in [-0.1, -0.05) is 0 Å². The van der Waals surface area contributed by atoms with E-state index in [-0.39, 0.29) is 0 Å². The molecule has 2 aliphatic heterocycles. The smallest absolute Gasteiger partial charge is 0.223 e. The fraction of sp³-hybridized carbons (Fsp3) is 0.909. The Hall–Kier alpha value is -0.570. The van der Waals surface area contributed by atoms with Crippen molar-refractivity contribution < 1.29 is 4.79 Å². The van der Waals surface area contributed by atoms with Crippen LogP contribution >= 0.6 is 0 Å². The third kappa shape index (κ3) is 1.34. The maximum Gasteiger partial charge on any atom is 0.223 e. The Morgan fingerprint density at radius 1 is 1.21 bits per heavy atom. The number of carbonyl (C=O) groups is 1. The van der Waals surface area contributed by atoms with Crippen LogP contribution < -0.4 is 5.32 Å². The molecule has 0 radical (unpaired) electrons. The molecule has 14 heavy (non-hydrogen) atoms. The van der Waals surface area contributed by atoms with E-state index < -0.39 is 0 Å². The minimum Gasteiger partial charge on any atom is -0.336 e. The number of piperidine rings is 2. The molecule has 1 saturated carbocycles. The third-order valence-corrected chi connectivity index (χ3v) is 3.88. The van der Waals surface area contributed by atoms with Gasteiger partial charge in [-0.15, -0.1) is 0 Å². The van der Waals surface area contributed by atoms with E-state index in [1.165, 1.54) is 19.3 Å². The average molecular weight is 194 g/mol. The highest BCUT2D eigenvalue weighted by Gasteiger charge is 2.43. The van der Waals surface area contributed by atoms with Crippen LogP contribution in [0.15, 0.2) is 0 Å². The Balaban J connectivity index is 1.79. The van der Waals surface area contributed by atoms with Crippen LogP contribution in [0.3, 0.4) is 0 Å². The van der Waals surface area contributed by atoms with Crippen LogP contribution in [0.2, 0.25) is 0 Å². The van der Waals surface area contributed by atoms with E-state index in [0.717, 1.165) is 31.8 Å². The van der Waals surface area contributed by atoms with Crippen molar-refractivity contribution in [2.24, 2.45) is 5.92 Å². The predicted octanol–water partition coefficient (Wildman–Crippen LogP) is 0.749. The van der Waals surface area contributed by atoms with Gasteiger partial charge < -0.3 is 10.2 Å². The fourth-order valence-corrected chi connectivity index (χ4v) is 3.02. The summed E-state index contributed by atoms with van der Waals surface area (Å²) < 4.78 is 0. The lowest BCUT2D eigenvalue weighted by Crippen LogP contribution is -2.55. The van der Waals surface area contributed by atoms with Crippen molar-refractivity contribution in [2.75, 3.05) is 13.1 Å². The maximum atomic E-state index is 11.8. The molecule has 78 valence electrons. The Kier molecular flexibility index (Phi) is 2.01. The number of rotatable bonds is 1. The Morgan fingerprint density at radius 2 is 2.07 bits per heavy atom. The van der Waals surface area contributed by atoms with Gasteiger partial charge in [-0.25, -0.2) is 0 Å². The van der Waals surface area contributed by atoms with Gasteiger partial charge in [-0.3, -0.25) is 4.79 Å².